The molecular formula is C18H29N3O2. The summed E-state index contributed by atoms with van der Waals surface area (Å²) in [5, 5.41) is 5.86. The number of carbonyl (C=O) groups excluding carboxylic acids is 2. The molecule has 0 bridgehead atoms. The summed E-state index contributed by atoms with van der Waals surface area (Å²) in [6.45, 7) is 8.47. The van der Waals surface area contributed by atoms with Crippen molar-refractivity contribution in [1.82, 2.24) is 10.6 Å². The SMILES string of the molecule is CC(C)C(=O)NCc1cc(CNC(=O)C(C)C)cc(N(C)C)c1. The average Bonchev–Trinajstić information content (AvgIpc) is 2.49. The van der Waals surface area contributed by atoms with Gasteiger partial charge in [0.2, 0.25) is 11.8 Å². The molecule has 23 heavy (non-hydrogen) atoms. The van der Waals surface area contributed by atoms with E-state index in [0.717, 1.165) is 16.8 Å². The fourth-order valence-electron chi connectivity index (χ4n) is 1.99. The lowest BCUT2D eigenvalue weighted by molar-refractivity contribution is -0.124. The fourth-order valence-corrected chi connectivity index (χ4v) is 1.99. The first-order valence-corrected chi connectivity index (χ1v) is 8.06. The molecule has 0 saturated carbocycles. The van der Waals surface area contributed by atoms with Gasteiger partial charge in [0.05, 0.1) is 0 Å². The lowest BCUT2D eigenvalue weighted by Gasteiger charge is -2.17. The summed E-state index contributed by atoms with van der Waals surface area (Å²) in [6.07, 6.45) is 0. The molecule has 0 atom stereocenters. The van der Waals surface area contributed by atoms with Crippen LogP contribution < -0.4 is 15.5 Å². The first-order valence-electron chi connectivity index (χ1n) is 8.06. The van der Waals surface area contributed by atoms with Gasteiger partial charge in [-0.15, -0.1) is 0 Å². The molecule has 0 heterocycles. The van der Waals surface area contributed by atoms with Crippen LogP contribution in [0.2, 0.25) is 0 Å². The Balaban J connectivity index is 2.85. The van der Waals surface area contributed by atoms with Crippen molar-refractivity contribution in [2.24, 2.45) is 11.8 Å². The minimum atomic E-state index is -0.0307. The zero-order valence-corrected chi connectivity index (χ0v) is 15.1. The van der Waals surface area contributed by atoms with E-state index in [2.05, 4.69) is 10.6 Å². The summed E-state index contributed by atoms with van der Waals surface area (Å²) >= 11 is 0. The van der Waals surface area contributed by atoms with Crippen LogP contribution in [0.3, 0.4) is 0 Å². The van der Waals surface area contributed by atoms with Crippen molar-refractivity contribution in [2.45, 2.75) is 40.8 Å². The predicted molar refractivity (Wildman–Crippen MR) is 94.1 cm³/mol. The summed E-state index contributed by atoms with van der Waals surface area (Å²) in [7, 11) is 3.95. The number of hydrogen-bond donors (Lipinski definition) is 2. The number of rotatable bonds is 7. The standard InChI is InChI=1S/C18H29N3O2/c1-12(2)17(22)19-10-14-7-15(9-16(8-14)21(5)6)11-20-18(23)13(3)4/h7-9,12-13H,10-11H2,1-6H3,(H,19,22)(H,20,23). The molecule has 0 spiro atoms. The van der Waals surface area contributed by atoms with Gasteiger partial charge in [0, 0.05) is 44.7 Å². The van der Waals surface area contributed by atoms with Crippen LogP contribution in [0.4, 0.5) is 5.69 Å². The van der Waals surface area contributed by atoms with Gasteiger partial charge < -0.3 is 15.5 Å². The summed E-state index contributed by atoms with van der Waals surface area (Å²) in [4.78, 5) is 25.5. The quantitative estimate of drug-likeness (QED) is 0.810. The maximum absolute atomic E-state index is 11.7. The summed E-state index contributed by atoms with van der Waals surface area (Å²) in [5.41, 5.74) is 3.10. The molecule has 1 aromatic rings. The van der Waals surface area contributed by atoms with Gasteiger partial charge >= 0.3 is 0 Å². The van der Waals surface area contributed by atoms with Gasteiger partial charge in [-0.05, 0) is 23.3 Å². The Morgan fingerprint density at radius 1 is 0.870 bits per heavy atom. The van der Waals surface area contributed by atoms with Gasteiger partial charge in [-0.3, -0.25) is 9.59 Å². The molecule has 128 valence electrons. The number of nitrogens with one attached hydrogen (secondary N) is 2. The molecule has 0 aliphatic rings. The number of nitrogens with zero attached hydrogens (tertiary/aromatic N) is 1. The zero-order chi connectivity index (χ0) is 17.6. The number of hydrogen-bond acceptors (Lipinski definition) is 3. The molecule has 1 aromatic carbocycles. The van der Waals surface area contributed by atoms with E-state index in [1.54, 1.807) is 0 Å². The van der Waals surface area contributed by atoms with Gasteiger partial charge in [0.15, 0.2) is 0 Å². The van der Waals surface area contributed by atoms with Crippen molar-refractivity contribution in [3.8, 4) is 0 Å². The summed E-state index contributed by atoms with van der Waals surface area (Å²) in [6, 6.07) is 6.12. The number of anilines is 1. The Hall–Kier alpha value is -2.04. The molecule has 0 saturated heterocycles. The molecule has 0 fully saturated rings. The Labute approximate surface area is 139 Å². The molecule has 5 heteroatoms. The van der Waals surface area contributed by atoms with Crippen LogP contribution in [0, 0.1) is 11.8 Å². The largest absolute Gasteiger partial charge is 0.378 e. The third-order valence-corrected chi connectivity index (χ3v) is 3.54. The van der Waals surface area contributed by atoms with Crippen LogP contribution in [0.15, 0.2) is 18.2 Å². The van der Waals surface area contributed by atoms with Crippen molar-refractivity contribution in [1.29, 1.82) is 0 Å². The highest BCUT2D eigenvalue weighted by Gasteiger charge is 2.10. The third-order valence-electron chi connectivity index (χ3n) is 3.54. The molecule has 2 amide bonds. The lowest BCUT2D eigenvalue weighted by Crippen LogP contribution is -2.28. The Morgan fingerprint density at radius 3 is 1.57 bits per heavy atom. The lowest BCUT2D eigenvalue weighted by atomic mass is 10.1. The maximum Gasteiger partial charge on any atom is 0.222 e. The number of carbonyl (C=O) groups is 2. The van der Waals surface area contributed by atoms with E-state index in [0.29, 0.717) is 13.1 Å². The van der Waals surface area contributed by atoms with Crippen LogP contribution in [-0.2, 0) is 22.7 Å². The molecule has 0 unspecified atom stereocenters. The normalized spacial score (nSPS) is 10.8. The topological polar surface area (TPSA) is 61.4 Å². The molecular weight excluding hydrogens is 290 g/mol. The highest BCUT2D eigenvalue weighted by atomic mass is 16.2. The maximum atomic E-state index is 11.7. The van der Waals surface area contributed by atoms with E-state index in [-0.39, 0.29) is 23.7 Å². The van der Waals surface area contributed by atoms with E-state index in [4.69, 9.17) is 0 Å². The van der Waals surface area contributed by atoms with Crippen LogP contribution in [0.1, 0.15) is 38.8 Å². The molecule has 1 rings (SSSR count). The number of amides is 2. The van der Waals surface area contributed by atoms with Gasteiger partial charge in [0.25, 0.3) is 0 Å². The highest BCUT2D eigenvalue weighted by Crippen LogP contribution is 2.18. The predicted octanol–water partition coefficient (Wildman–Crippen LogP) is 2.30. The Morgan fingerprint density at radius 2 is 1.26 bits per heavy atom. The first kappa shape index (κ1) is 19.0. The minimum Gasteiger partial charge on any atom is -0.378 e. The molecule has 0 radical (unpaired) electrons. The van der Waals surface area contributed by atoms with Gasteiger partial charge in [0.1, 0.15) is 0 Å². The van der Waals surface area contributed by atoms with Gasteiger partial charge in [-0.25, -0.2) is 0 Å². The monoisotopic (exact) mass is 319 g/mol. The molecule has 2 N–H and O–H groups in total. The van der Waals surface area contributed by atoms with Crippen LogP contribution in [-0.4, -0.2) is 25.9 Å². The molecule has 0 aliphatic heterocycles. The van der Waals surface area contributed by atoms with Crippen molar-refractivity contribution < 1.29 is 9.59 Å². The smallest absolute Gasteiger partial charge is 0.222 e. The number of benzene rings is 1. The van der Waals surface area contributed by atoms with Gasteiger partial charge in [-0.1, -0.05) is 33.8 Å². The van der Waals surface area contributed by atoms with Crippen molar-refractivity contribution >= 4 is 17.5 Å². The van der Waals surface area contributed by atoms with Crippen molar-refractivity contribution in [3.63, 3.8) is 0 Å². The summed E-state index contributed by atoms with van der Waals surface area (Å²) < 4.78 is 0. The zero-order valence-electron chi connectivity index (χ0n) is 15.1. The first-order chi connectivity index (χ1) is 10.7. The molecule has 5 nitrogen and oxygen atoms in total. The Kier molecular flexibility index (Phi) is 7.07. The third kappa shape index (κ3) is 6.30. The van der Waals surface area contributed by atoms with Crippen LogP contribution in [0.25, 0.3) is 0 Å². The van der Waals surface area contributed by atoms with Crippen molar-refractivity contribution in [2.75, 3.05) is 19.0 Å². The second kappa shape index (κ2) is 8.56. The second-order valence-electron chi connectivity index (χ2n) is 6.65. The van der Waals surface area contributed by atoms with E-state index in [9.17, 15) is 9.59 Å². The van der Waals surface area contributed by atoms with Gasteiger partial charge in [-0.2, -0.15) is 0 Å². The second-order valence-corrected chi connectivity index (χ2v) is 6.65. The Bertz CT molecular complexity index is 509. The van der Waals surface area contributed by atoms with Crippen molar-refractivity contribution in [3.05, 3.63) is 29.3 Å². The summed E-state index contributed by atoms with van der Waals surface area (Å²) in [5.74, 6) is 0.0125. The fraction of sp³-hybridized carbons (Fsp3) is 0.556. The van der Waals surface area contributed by atoms with E-state index in [1.165, 1.54) is 0 Å². The molecule has 0 aromatic heterocycles. The van der Waals surface area contributed by atoms with E-state index >= 15 is 0 Å². The average molecular weight is 319 g/mol. The van der Waals surface area contributed by atoms with Crippen LogP contribution >= 0.6 is 0 Å². The van der Waals surface area contributed by atoms with Crippen LogP contribution in [0.5, 0.6) is 0 Å². The van der Waals surface area contributed by atoms with E-state index < -0.39 is 0 Å². The highest BCUT2D eigenvalue weighted by molar-refractivity contribution is 5.78. The molecule has 0 aliphatic carbocycles. The minimum absolute atomic E-state index is 0.0307. The van der Waals surface area contributed by atoms with E-state index in [1.807, 2.05) is 64.9 Å².